The molecule has 0 aliphatic heterocycles. The third-order valence-electron chi connectivity index (χ3n) is 2.77. The smallest absolute Gasteiger partial charge is 0.269 e. The number of halogens is 1. The lowest BCUT2D eigenvalue weighted by molar-refractivity contribution is -0.385. The van der Waals surface area contributed by atoms with Crippen molar-refractivity contribution in [3.8, 4) is 0 Å². The number of nitro benzene ring substituents is 1. The molecule has 20 heavy (non-hydrogen) atoms. The van der Waals surface area contributed by atoms with Crippen LogP contribution in [0, 0.1) is 10.1 Å². The molecule has 0 bridgehead atoms. The van der Waals surface area contributed by atoms with Crippen LogP contribution in [0.4, 0.5) is 5.69 Å². The van der Waals surface area contributed by atoms with Gasteiger partial charge in [0.25, 0.3) is 5.69 Å². The van der Waals surface area contributed by atoms with E-state index in [0.717, 1.165) is 10.5 Å². The molecular weight excluding hydrogens is 298 g/mol. The van der Waals surface area contributed by atoms with E-state index in [0.29, 0.717) is 16.3 Å². The van der Waals surface area contributed by atoms with E-state index < -0.39 is 4.92 Å². The van der Waals surface area contributed by atoms with E-state index in [-0.39, 0.29) is 12.3 Å². The van der Waals surface area contributed by atoms with Crippen LogP contribution in [0.25, 0.3) is 0 Å². The van der Waals surface area contributed by atoms with Gasteiger partial charge in [0.05, 0.1) is 11.5 Å². The van der Waals surface area contributed by atoms with Crippen molar-refractivity contribution in [1.29, 1.82) is 0 Å². The maximum absolute atomic E-state index is 10.7. The quantitative estimate of drug-likeness (QED) is 0.514. The lowest BCUT2D eigenvalue weighted by Crippen LogP contribution is -1.93. The Labute approximate surface area is 125 Å². The van der Waals surface area contributed by atoms with Gasteiger partial charge in [0.1, 0.15) is 0 Å². The number of nitro groups is 1. The number of hydrogen-bond acceptors (Lipinski definition) is 4. The summed E-state index contributed by atoms with van der Waals surface area (Å²) in [4.78, 5) is 11.1. The molecule has 0 saturated carbocycles. The molecule has 0 unspecified atom stereocenters. The molecule has 0 aromatic heterocycles. The molecule has 0 saturated heterocycles. The first kappa shape index (κ1) is 14.8. The minimum Gasteiger partial charge on any atom is -0.392 e. The number of non-ortho nitro benzene ring substituents is 1. The van der Waals surface area contributed by atoms with Crippen molar-refractivity contribution < 1.29 is 10.0 Å². The van der Waals surface area contributed by atoms with Crippen LogP contribution in [0.3, 0.4) is 0 Å². The van der Waals surface area contributed by atoms with Crippen LogP contribution in [0.2, 0.25) is 5.02 Å². The molecule has 0 fully saturated rings. The number of thioether (sulfide) groups is 1. The first-order valence-corrected chi connectivity index (χ1v) is 7.22. The van der Waals surface area contributed by atoms with Gasteiger partial charge >= 0.3 is 0 Å². The number of hydrogen-bond donors (Lipinski definition) is 1. The van der Waals surface area contributed by atoms with Crippen molar-refractivity contribution in [2.75, 3.05) is 0 Å². The molecule has 0 aliphatic carbocycles. The third kappa shape index (κ3) is 3.50. The highest BCUT2D eigenvalue weighted by Crippen LogP contribution is 2.31. The first-order valence-electron chi connectivity index (χ1n) is 5.86. The van der Waals surface area contributed by atoms with Gasteiger partial charge in [-0.1, -0.05) is 29.8 Å². The van der Waals surface area contributed by atoms with Crippen LogP contribution < -0.4 is 0 Å². The number of nitrogens with zero attached hydrogens (tertiary/aromatic N) is 1. The second-order valence-corrected chi connectivity index (χ2v) is 5.51. The Morgan fingerprint density at radius 2 is 1.95 bits per heavy atom. The van der Waals surface area contributed by atoms with E-state index in [2.05, 4.69) is 0 Å². The largest absolute Gasteiger partial charge is 0.392 e. The highest BCUT2D eigenvalue weighted by atomic mass is 35.5. The maximum atomic E-state index is 10.7. The standard InChI is InChI=1S/C14H12ClNO3S/c15-13-4-2-1-3-10(13)9-20-14-6-5-12(16(18)19)7-11(14)8-17/h1-7,17H,8-9H2. The molecule has 2 rings (SSSR count). The molecule has 0 aliphatic rings. The van der Waals surface area contributed by atoms with Gasteiger partial charge in [0, 0.05) is 27.8 Å². The van der Waals surface area contributed by atoms with Gasteiger partial charge in [0.2, 0.25) is 0 Å². The molecule has 6 heteroatoms. The molecule has 4 nitrogen and oxygen atoms in total. The van der Waals surface area contributed by atoms with Gasteiger partial charge in [-0.2, -0.15) is 0 Å². The Bertz CT molecular complexity index is 634. The second-order valence-electron chi connectivity index (χ2n) is 4.09. The van der Waals surface area contributed by atoms with Crippen LogP contribution in [0.5, 0.6) is 0 Å². The highest BCUT2D eigenvalue weighted by Gasteiger charge is 2.11. The van der Waals surface area contributed by atoms with E-state index in [1.54, 1.807) is 6.07 Å². The van der Waals surface area contributed by atoms with Gasteiger partial charge in [0.15, 0.2) is 0 Å². The fraction of sp³-hybridized carbons (Fsp3) is 0.143. The fourth-order valence-electron chi connectivity index (χ4n) is 1.71. The molecule has 0 amide bonds. The molecular formula is C14H12ClNO3S. The molecule has 0 radical (unpaired) electrons. The molecule has 0 spiro atoms. The topological polar surface area (TPSA) is 63.4 Å². The minimum atomic E-state index is -0.471. The zero-order chi connectivity index (χ0) is 14.5. The molecule has 0 heterocycles. The zero-order valence-corrected chi connectivity index (χ0v) is 12.0. The summed E-state index contributed by atoms with van der Waals surface area (Å²) in [5.41, 5.74) is 1.52. The summed E-state index contributed by atoms with van der Waals surface area (Å²) >= 11 is 7.57. The van der Waals surface area contributed by atoms with E-state index in [9.17, 15) is 15.2 Å². The average Bonchev–Trinajstić information content (AvgIpc) is 2.46. The zero-order valence-electron chi connectivity index (χ0n) is 10.5. The normalized spacial score (nSPS) is 10.5. The van der Waals surface area contributed by atoms with Crippen LogP contribution >= 0.6 is 23.4 Å². The predicted molar refractivity (Wildman–Crippen MR) is 80.0 cm³/mol. The fourth-order valence-corrected chi connectivity index (χ4v) is 3.03. The number of rotatable bonds is 5. The third-order valence-corrected chi connectivity index (χ3v) is 4.30. The van der Waals surface area contributed by atoms with E-state index in [1.165, 1.54) is 23.9 Å². The Morgan fingerprint density at radius 3 is 2.60 bits per heavy atom. The summed E-state index contributed by atoms with van der Waals surface area (Å²) in [6.45, 7) is -0.230. The van der Waals surface area contributed by atoms with Crippen molar-refractivity contribution >= 4 is 29.1 Å². The Morgan fingerprint density at radius 1 is 1.20 bits per heavy atom. The van der Waals surface area contributed by atoms with Crippen LogP contribution in [-0.4, -0.2) is 10.0 Å². The van der Waals surface area contributed by atoms with Crippen molar-refractivity contribution in [2.45, 2.75) is 17.3 Å². The van der Waals surface area contributed by atoms with Crippen LogP contribution in [0.15, 0.2) is 47.4 Å². The number of aliphatic hydroxyl groups excluding tert-OH is 1. The highest BCUT2D eigenvalue weighted by molar-refractivity contribution is 7.98. The van der Waals surface area contributed by atoms with Gasteiger partial charge in [-0.25, -0.2) is 0 Å². The molecule has 0 atom stereocenters. The molecule has 2 aromatic rings. The summed E-state index contributed by atoms with van der Waals surface area (Å²) in [6.07, 6.45) is 0. The van der Waals surface area contributed by atoms with Crippen molar-refractivity contribution in [3.63, 3.8) is 0 Å². The van der Waals surface area contributed by atoms with E-state index >= 15 is 0 Å². The summed E-state index contributed by atoms with van der Waals surface area (Å²) in [7, 11) is 0. The lowest BCUT2D eigenvalue weighted by Gasteiger charge is -2.08. The Hall–Kier alpha value is -1.56. The number of aliphatic hydroxyl groups is 1. The summed E-state index contributed by atoms with van der Waals surface area (Å²) in [5.74, 6) is 0.643. The minimum absolute atomic E-state index is 0.0175. The van der Waals surface area contributed by atoms with Gasteiger partial charge in [-0.3, -0.25) is 10.1 Å². The average molecular weight is 310 g/mol. The molecule has 2 aromatic carbocycles. The lowest BCUT2D eigenvalue weighted by atomic mass is 10.2. The summed E-state index contributed by atoms with van der Waals surface area (Å²) in [6, 6.07) is 12.0. The SMILES string of the molecule is O=[N+]([O-])c1ccc(SCc2ccccc2Cl)c(CO)c1. The number of benzene rings is 2. The Kier molecular flexibility index (Phi) is 5.00. The van der Waals surface area contributed by atoms with Crippen molar-refractivity contribution in [2.24, 2.45) is 0 Å². The van der Waals surface area contributed by atoms with Crippen molar-refractivity contribution in [1.82, 2.24) is 0 Å². The van der Waals surface area contributed by atoms with Gasteiger partial charge in [-0.15, -0.1) is 11.8 Å². The second kappa shape index (κ2) is 6.74. The van der Waals surface area contributed by atoms with Crippen LogP contribution in [-0.2, 0) is 12.4 Å². The Balaban J connectivity index is 2.17. The van der Waals surface area contributed by atoms with Gasteiger partial charge in [-0.05, 0) is 23.3 Å². The van der Waals surface area contributed by atoms with E-state index in [4.69, 9.17) is 11.6 Å². The first-order chi connectivity index (χ1) is 9.61. The van der Waals surface area contributed by atoms with Crippen LogP contribution in [0.1, 0.15) is 11.1 Å². The van der Waals surface area contributed by atoms with Crippen molar-refractivity contribution in [3.05, 3.63) is 68.7 Å². The summed E-state index contributed by atoms with van der Waals surface area (Å²) in [5, 5.41) is 20.7. The predicted octanol–water partition coefficient (Wildman–Crippen LogP) is 4.03. The monoisotopic (exact) mass is 309 g/mol. The van der Waals surface area contributed by atoms with Gasteiger partial charge < -0.3 is 5.11 Å². The molecule has 104 valence electrons. The summed E-state index contributed by atoms with van der Waals surface area (Å²) < 4.78 is 0. The maximum Gasteiger partial charge on any atom is 0.269 e. The molecule has 1 N–H and O–H groups in total. The van der Waals surface area contributed by atoms with E-state index in [1.807, 2.05) is 24.3 Å².